The van der Waals surface area contributed by atoms with Crippen LogP contribution in [0, 0.1) is 0 Å². The third-order valence-corrected chi connectivity index (χ3v) is 20.1. The highest BCUT2D eigenvalue weighted by atomic mass is 32.2. The molecule has 2 aliphatic rings. The standard InChI is InChI=1S/C84H87BN2S/c1-79(2,3)58-34-38-71-67(48-58)68-49-59(80(4,5)6)35-39-72(68)86(71)64-50-74-77-76(51-64)88-75-45-55(57-42-62(83(13,14)15)47-63(43-57)84(16,17)18)33-37-70(75)85(77)69-36-32-54(56-40-60(81(7,8)9)46-61(41-56)82(10,11)12)44-73(69)87(74)78-65(52-26-21-19-22-27-52)30-25-31-66(78)53-28-23-20-24-29-53/h19-51H,1-18H3. The number of aromatic nitrogens is 1. The van der Waals surface area contributed by atoms with Crippen molar-refractivity contribution >= 4 is 73.7 Å². The molecule has 0 radical (unpaired) electrons. The number of hydrogen-bond acceptors (Lipinski definition) is 2. The maximum Gasteiger partial charge on any atom is 0.249 e. The minimum Gasteiger partial charge on any atom is -0.310 e. The van der Waals surface area contributed by atoms with Crippen LogP contribution in [0.4, 0.5) is 17.1 Å². The lowest BCUT2D eigenvalue weighted by atomic mass is 9.34. The molecule has 0 saturated heterocycles. The second kappa shape index (κ2) is 20.9. The third-order valence-electron chi connectivity index (χ3n) is 18.9. The normalized spacial score (nSPS) is 13.7. The van der Waals surface area contributed by atoms with E-state index in [1.54, 1.807) is 0 Å². The minimum absolute atomic E-state index is 0.0153. The number of fused-ring (bicyclic) bond motifs is 7. The van der Waals surface area contributed by atoms with Crippen LogP contribution in [0.15, 0.2) is 210 Å². The second-order valence-electron chi connectivity index (χ2n) is 31.6. The van der Waals surface area contributed by atoms with Gasteiger partial charge in [0.05, 0.1) is 16.7 Å². The number of benzene rings is 10. The zero-order chi connectivity index (χ0) is 62.4. The Morgan fingerprint density at radius 2 is 0.739 bits per heavy atom. The summed E-state index contributed by atoms with van der Waals surface area (Å²) in [6, 6.07) is 78.4. The van der Waals surface area contributed by atoms with E-state index in [1.165, 1.54) is 143 Å². The first-order valence-electron chi connectivity index (χ1n) is 32.0. The van der Waals surface area contributed by atoms with Gasteiger partial charge in [-0.05, 0) is 159 Å². The molecule has 11 aromatic rings. The van der Waals surface area contributed by atoms with Crippen LogP contribution in [0.1, 0.15) is 158 Å². The van der Waals surface area contributed by atoms with Crippen molar-refractivity contribution < 1.29 is 0 Å². The van der Waals surface area contributed by atoms with Crippen LogP contribution in [-0.4, -0.2) is 11.3 Å². The van der Waals surface area contributed by atoms with Crippen molar-refractivity contribution in [3.8, 4) is 50.2 Å². The summed E-state index contributed by atoms with van der Waals surface area (Å²) in [7, 11) is 0. The van der Waals surface area contributed by atoms with Gasteiger partial charge in [-0.25, -0.2) is 0 Å². The molecule has 0 bridgehead atoms. The molecule has 0 spiro atoms. The molecule has 0 N–H and O–H groups in total. The second-order valence-corrected chi connectivity index (χ2v) is 32.7. The Bertz CT molecular complexity index is 4380. The molecule has 0 unspecified atom stereocenters. The van der Waals surface area contributed by atoms with Gasteiger partial charge in [0.2, 0.25) is 6.71 Å². The molecule has 3 heterocycles. The molecule has 13 rings (SSSR count). The Kier molecular flexibility index (Phi) is 14.1. The minimum atomic E-state index is -0.0624. The van der Waals surface area contributed by atoms with E-state index in [-0.39, 0.29) is 39.2 Å². The van der Waals surface area contributed by atoms with E-state index >= 15 is 0 Å². The fourth-order valence-corrected chi connectivity index (χ4v) is 14.7. The summed E-state index contributed by atoms with van der Waals surface area (Å²) in [5, 5.41) is 2.57. The Morgan fingerprint density at radius 3 is 1.18 bits per heavy atom. The molecule has 10 aromatic carbocycles. The van der Waals surface area contributed by atoms with Gasteiger partial charge in [0, 0.05) is 48.8 Å². The number of rotatable bonds is 6. The first kappa shape index (κ1) is 59.2. The predicted octanol–water partition coefficient (Wildman–Crippen LogP) is 22.0. The topological polar surface area (TPSA) is 8.17 Å². The summed E-state index contributed by atoms with van der Waals surface area (Å²) in [6.07, 6.45) is 0. The van der Waals surface area contributed by atoms with E-state index < -0.39 is 0 Å². The third kappa shape index (κ3) is 10.6. The maximum atomic E-state index is 2.70. The number of hydrogen-bond donors (Lipinski definition) is 0. The van der Waals surface area contributed by atoms with E-state index in [0.29, 0.717) is 0 Å². The molecule has 88 heavy (non-hydrogen) atoms. The summed E-state index contributed by atoms with van der Waals surface area (Å²) in [6.45, 7) is 42.1. The van der Waals surface area contributed by atoms with Gasteiger partial charge >= 0.3 is 0 Å². The van der Waals surface area contributed by atoms with Gasteiger partial charge in [-0.3, -0.25) is 0 Å². The van der Waals surface area contributed by atoms with Gasteiger partial charge < -0.3 is 9.47 Å². The van der Waals surface area contributed by atoms with Crippen LogP contribution in [-0.2, 0) is 32.5 Å². The van der Waals surface area contributed by atoms with Crippen molar-refractivity contribution in [1.29, 1.82) is 0 Å². The first-order valence-corrected chi connectivity index (χ1v) is 32.8. The average molecular weight is 1170 g/mol. The molecule has 0 atom stereocenters. The highest BCUT2D eigenvalue weighted by molar-refractivity contribution is 8.00. The largest absolute Gasteiger partial charge is 0.310 e. The predicted molar refractivity (Wildman–Crippen MR) is 385 cm³/mol. The van der Waals surface area contributed by atoms with Crippen molar-refractivity contribution in [3.05, 3.63) is 234 Å². The molecular formula is C84H87BN2S. The first-order chi connectivity index (χ1) is 41.4. The molecule has 4 heteroatoms. The zero-order valence-electron chi connectivity index (χ0n) is 55.4. The Morgan fingerprint density at radius 1 is 0.307 bits per heavy atom. The van der Waals surface area contributed by atoms with E-state index in [9.17, 15) is 0 Å². The molecule has 2 nitrogen and oxygen atoms in total. The quantitative estimate of drug-likeness (QED) is 0.153. The summed E-state index contributed by atoms with van der Waals surface area (Å²) < 4.78 is 2.59. The lowest BCUT2D eigenvalue weighted by Crippen LogP contribution is -2.60. The summed E-state index contributed by atoms with van der Waals surface area (Å²) in [4.78, 5) is 5.28. The molecule has 0 saturated carbocycles. The number of para-hydroxylation sites is 1. The average Bonchev–Trinajstić information content (AvgIpc) is 0.937. The Labute approximate surface area is 530 Å². The van der Waals surface area contributed by atoms with Gasteiger partial charge in [0.25, 0.3) is 0 Å². The van der Waals surface area contributed by atoms with Crippen LogP contribution in [0.25, 0.3) is 72.0 Å². The fraction of sp³-hybridized carbons (Fsp3) is 0.286. The summed E-state index contributed by atoms with van der Waals surface area (Å²) in [5.74, 6) is 0. The number of nitrogens with zero attached hydrogens (tertiary/aromatic N) is 2. The number of anilines is 3. The SMILES string of the molecule is CC(C)(C)c1cc(-c2ccc3c(c2)Sc2cc(-n4c5ccc(C(C)(C)C)cc5c5cc(C(C)(C)C)ccc54)cc4c2B3c2ccc(-c3cc(C(C)(C)C)cc(C(C)(C)C)c3)cc2N4c2c(-c3ccccc3)cccc2-c2ccccc2)cc(C(C)(C)C)c1. The van der Waals surface area contributed by atoms with E-state index in [0.717, 1.165) is 5.69 Å². The van der Waals surface area contributed by atoms with Crippen molar-refractivity contribution in [2.45, 2.75) is 167 Å². The monoisotopic (exact) mass is 1170 g/mol. The molecule has 0 fully saturated rings. The van der Waals surface area contributed by atoms with Gasteiger partial charge in [0.1, 0.15) is 0 Å². The smallest absolute Gasteiger partial charge is 0.249 e. The highest BCUT2D eigenvalue weighted by Gasteiger charge is 2.43. The highest BCUT2D eigenvalue weighted by Crippen LogP contribution is 2.52. The van der Waals surface area contributed by atoms with Crippen molar-refractivity contribution in [1.82, 2.24) is 4.57 Å². The molecular weight excluding hydrogens is 1080 g/mol. The molecule has 1 aromatic heterocycles. The molecule has 0 aliphatic carbocycles. The summed E-state index contributed by atoms with van der Waals surface area (Å²) in [5.41, 5.74) is 28.7. The molecule has 0 amide bonds. The van der Waals surface area contributed by atoms with Crippen molar-refractivity contribution in [2.75, 3.05) is 4.90 Å². The van der Waals surface area contributed by atoms with Crippen LogP contribution < -0.4 is 21.3 Å². The van der Waals surface area contributed by atoms with Crippen LogP contribution in [0.2, 0.25) is 0 Å². The van der Waals surface area contributed by atoms with Crippen LogP contribution >= 0.6 is 11.8 Å². The Hall–Kier alpha value is -7.79. The maximum absolute atomic E-state index is 2.70. The van der Waals surface area contributed by atoms with E-state index in [2.05, 4.69) is 334 Å². The van der Waals surface area contributed by atoms with Gasteiger partial charge in [-0.2, -0.15) is 0 Å². The van der Waals surface area contributed by atoms with E-state index in [4.69, 9.17) is 0 Å². The summed E-state index contributed by atoms with van der Waals surface area (Å²) >= 11 is 1.95. The lowest BCUT2D eigenvalue weighted by molar-refractivity contribution is 0.568. The zero-order valence-corrected chi connectivity index (χ0v) is 56.2. The van der Waals surface area contributed by atoms with Crippen LogP contribution in [0.3, 0.4) is 0 Å². The molecule has 2 aliphatic heterocycles. The lowest BCUT2D eigenvalue weighted by Gasteiger charge is -2.42. The van der Waals surface area contributed by atoms with Crippen LogP contribution in [0.5, 0.6) is 0 Å². The fourth-order valence-electron chi connectivity index (χ4n) is 13.5. The Balaban J connectivity index is 1.17. The van der Waals surface area contributed by atoms with Gasteiger partial charge in [-0.1, -0.05) is 294 Å². The van der Waals surface area contributed by atoms with Crippen molar-refractivity contribution in [3.63, 3.8) is 0 Å². The van der Waals surface area contributed by atoms with Gasteiger partial charge in [-0.15, -0.1) is 0 Å². The van der Waals surface area contributed by atoms with Gasteiger partial charge in [0.15, 0.2) is 0 Å². The van der Waals surface area contributed by atoms with E-state index in [1.807, 2.05) is 11.8 Å². The molecule has 442 valence electrons. The van der Waals surface area contributed by atoms with Crippen molar-refractivity contribution in [2.24, 2.45) is 0 Å².